The Balaban J connectivity index is 2.21. The molecule has 0 spiro atoms. The summed E-state index contributed by atoms with van der Waals surface area (Å²) in [6, 6.07) is 2.30. The molecule has 0 aromatic carbocycles. The van der Waals surface area contributed by atoms with Gasteiger partial charge < -0.3 is 0 Å². The molecule has 2 heteroatoms. The summed E-state index contributed by atoms with van der Waals surface area (Å²) < 4.78 is 0. The van der Waals surface area contributed by atoms with E-state index in [9.17, 15) is 0 Å². The van der Waals surface area contributed by atoms with E-state index in [4.69, 9.17) is 5.26 Å². The van der Waals surface area contributed by atoms with Crippen LogP contribution in [0.3, 0.4) is 0 Å². The largest absolute Gasteiger partial charge is 0.299 e. The molecule has 56 valence electrons. The van der Waals surface area contributed by atoms with Gasteiger partial charge in [-0.15, -0.1) is 0 Å². The normalized spacial score (nSPS) is 20.6. The summed E-state index contributed by atoms with van der Waals surface area (Å²) in [6.45, 7) is 5.27. The topological polar surface area (TPSA) is 35.8 Å². The Morgan fingerprint density at radius 2 is 2.20 bits per heavy atom. The van der Waals surface area contributed by atoms with E-state index in [0.29, 0.717) is 5.92 Å². The first-order valence-electron chi connectivity index (χ1n) is 3.85. The second-order valence-corrected chi connectivity index (χ2v) is 3.47. The van der Waals surface area contributed by atoms with E-state index in [1.54, 1.807) is 0 Å². The molecule has 0 atom stereocenters. The summed E-state index contributed by atoms with van der Waals surface area (Å²) in [5.74, 6) is 0.644. The fourth-order valence-electron chi connectivity index (χ4n) is 0.853. The molecule has 0 amide bonds. The van der Waals surface area contributed by atoms with Crippen LogP contribution in [0.2, 0.25) is 0 Å². The molecule has 1 aliphatic carbocycles. The molecular weight excluding hydrogens is 124 g/mol. The minimum absolute atomic E-state index is 0.121. The molecule has 0 heterocycles. The molecule has 10 heavy (non-hydrogen) atoms. The standard InChI is InChI=1S/C8H14N2/c1-7(2)5-10-8(6-9)3-4-8/h7,10H,3-5H2,1-2H3. The molecule has 0 aromatic heterocycles. The van der Waals surface area contributed by atoms with Gasteiger partial charge in [-0.2, -0.15) is 5.26 Å². The highest BCUT2D eigenvalue weighted by molar-refractivity contribution is 5.18. The molecule has 0 unspecified atom stereocenters. The number of hydrogen-bond donors (Lipinski definition) is 1. The molecule has 1 aliphatic rings. The van der Waals surface area contributed by atoms with Crippen LogP contribution in [0.15, 0.2) is 0 Å². The van der Waals surface area contributed by atoms with Crippen molar-refractivity contribution < 1.29 is 0 Å². The summed E-state index contributed by atoms with van der Waals surface area (Å²) in [5.41, 5.74) is -0.121. The van der Waals surface area contributed by atoms with Crippen molar-refractivity contribution in [2.24, 2.45) is 5.92 Å². The molecule has 1 saturated carbocycles. The van der Waals surface area contributed by atoms with Gasteiger partial charge in [0.1, 0.15) is 5.54 Å². The predicted molar refractivity (Wildman–Crippen MR) is 40.4 cm³/mol. The lowest BCUT2D eigenvalue weighted by atomic mass is 10.2. The number of nitrogens with one attached hydrogen (secondary N) is 1. The van der Waals surface area contributed by atoms with Crippen molar-refractivity contribution in [1.29, 1.82) is 5.26 Å². The average Bonchev–Trinajstić information content (AvgIpc) is 2.64. The average molecular weight is 138 g/mol. The Morgan fingerprint density at radius 1 is 1.60 bits per heavy atom. The number of rotatable bonds is 3. The first kappa shape index (κ1) is 7.56. The van der Waals surface area contributed by atoms with Gasteiger partial charge in [0.15, 0.2) is 0 Å². The van der Waals surface area contributed by atoms with E-state index >= 15 is 0 Å². The molecule has 0 aromatic rings. The highest BCUT2D eigenvalue weighted by atomic mass is 15.0. The van der Waals surface area contributed by atoms with Gasteiger partial charge in [0.05, 0.1) is 6.07 Å². The van der Waals surface area contributed by atoms with Crippen molar-refractivity contribution in [1.82, 2.24) is 5.32 Å². The van der Waals surface area contributed by atoms with E-state index in [0.717, 1.165) is 19.4 Å². The summed E-state index contributed by atoms with van der Waals surface area (Å²) in [7, 11) is 0. The monoisotopic (exact) mass is 138 g/mol. The Hall–Kier alpha value is -0.550. The summed E-state index contributed by atoms with van der Waals surface area (Å²) in [6.07, 6.45) is 2.08. The number of nitriles is 1. The lowest BCUT2D eigenvalue weighted by Crippen LogP contribution is -2.32. The zero-order valence-electron chi connectivity index (χ0n) is 6.65. The van der Waals surface area contributed by atoms with Crippen molar-refractivity contribution in [3.8, 4) is 6.07 Å². The van der Waals surface area contributed by atoms with E-state index in [2.05, 4.69) is 25.2 Å². The van der Waals surface area contributed by atoms with Gasteiger partial charge in [-0.1, -0.05) is 13.8 Å². The second kappa shape index (κ2) is 2.59. The summed E-state index contributed by atoms with van der Waals surface area (Å²) in [5, 5.41) is 11.9. The predicted octanol–water partition coefficient (Wildman–Crippen LogP) is 1.29. The van der Waals surface area contributed by atoms with Crippen molar-refractivity contribution >= 4 is 0 Å². The zero-order valence-corrected chi connectivity index (χ0v) is 6.65. The smallest absolute Gasteiger partial charge is 0.106 e. The van der Waals surface area contributed by atoms with Gasteiger partial charge >= 0.3 is 0 Å². The van der Waals surface area contributed by atoms with Crippen LogP contribution in [0.1, 0.15) is 26.7 Å². The van der Waals surface area contributed by atoms with Crippen LogP contribution in [0.5, 0.6) is 0 Å². The Labute approximate surface area is 62.2 Å². The van der Waals surface area contributed by atoms with Crippen LogP contribution >= 0.6 is 0 Å². The summed E-state index contributed by atoms with van der Waals surface area (Å²) >= 11 is 0. The molecule has 1 N–H and O–H groups in total. The second-order valence-electron chi connectivity index (χ2n) is 3.47. The van der Waals surface area contributed by atoms with Crippen LogP contribution < -0.4 is 5.32 Å². The van der Waals surface area contributed by atoms with Crippen molar-refractivity contribution in [3.63, 3.8) is 0 Å². The first-order chi connectivity index (χ1) is 4.68. The molecule has 0 bridgehead atoms. The summed E-state index contributed by atoms with van der Waals surface area (Å²) in [4.78, 5) is 0. The third-order valence-corrected chi connectivity index (χ3v) is 1.81. The molecule has 1 fully saturated rings. The van der Waals surface area contributed by atoms with Crippen molar-refractivity contribution in [2.45, 2.75) is 32.2 Å². The van der Waals surface area contributed by atoms with Crippen LogP contribution in [-0.4, -0.2) is 12.1 Å². The van der Waals surface area contributed by atoms with Gasteiger partial charge in [-0.05, 0) is 25.3 Å². The molecular formula is C8H14N2. The minimum atomic E-state index is -0.121. The molecule has 0 saturated heterocycles. The molecule has 0 radical (unpaired) electrons. The maximum Gasteiger partial charge on any atom is 0.106 e. The molecule has 1 rings (SSSR count). The highest BCUT2D eigenvalue weighted by Gasteiger charge is 2.42. The van der Waals surface area contributed by atoms with Gasteiger partial charge in [0.25, 0.3) is 0 Å². The third kappa shape index (κ3) is 1.71. The minimum Gasteiger partial charge on any atom is -0.299 e. The van der Waals surface area contributed by atoms with E-state index in [1.807, 2.05) is 0 Å². The van der Waals surface area contributed by atoms with E-state index in [-0.39, 0.29) is 5.54 Å². The van der Waals surface area contributed by atoms with Gasteiger partial charge in [0.2, 0.25) is 0 Å². The highest BCUT2D eigenvalue weighted by Crippen LogP contribution is 2.34. The van der Waals surface area contributed by atoms with E-state index < -0.39 is 0 Å². The van der Waals surface area contributed by atoms with Crippen LogP contribution in [0.4, 0.5) is 0 Å². The number of hydrogen-bond acceptors (Lipinski definition) is 2. The van der Waals surface area contributed by atoms with E-state index in [1.165, 1.54) is 0 Å². The van der Waals surface area contributed by atoms with Gasteiger partial charge in [-0.3, -0.25) is 5.32 Å². The first-order valence-corrected chi connectivity index (χ1v) is 3.85. The molecule has 0 aliphatic heterocycles. The maximum atomic E-state index is 8.66. The maximum absolute atomic E-state index is 8.66. The van der Waals surface area contributed by atoms with Crippen LogP contribution in [-0.2, 0) is 0 Å². The van der Waals surface area contributed by atoms with Crippen LogP contribution in [0, 0.1) is 17.2 Å². The third-order valence-electron chi connectivity index (χ3n) is 1.81. The SMILES string of the molecule is CC(C)CNC1(C#N)CC1. The van der Waals surface area contributed by atoms with Crippen LogP contribution in [0.25, 0.3) is 0 Å². The van der Waals surface area contributed by atoms with Crippen molar-refractivity contribution in [2.75, 3.05) is 6.54 Å². The van der Waals surface area contributed by atoms with Gasteiger partial charge in [0, 0.05) is 0 Å². The lowest BCUT2D eigenvalue weighted by Gasteiger charge is -2.10. The molecule has 2 nitrogen and oxygen atoms in total. The van der Waals surface area contributed by atoms with Gasteiger partial charge in [-0.25, -0.2) is 0 Å². The zero-order chi connectivity index (χ0) is 7.61. The fraction of sp³-hybridized carbons (Fsp3) is 0.875. The Morgan fingerprint density at radius 3 is 2.50 bits per heavy atom. The fourth-order valence-corrected chi connectivity index (χ4v) is 0.853. The Kier molecular flexibility index (Phi) is 1.96. The lowest BCUT2D eigenvalue weighted by molar-refractivity contribution is 0.507. The Bertz CT molecular complexity index is 151. The van der Waals surface area contributed by atoms with Crippen molar-refractivity contribution in [3.05, 3.63) is 0 Å². The number of nitrogens with zero attached hydrogens (tertiary/aromatic N) is 1. The quantitative estimate of drug-likeness (QED) is 0.637.